The molecule has 2 aromatic carbocycles. The van der Waals surface area contributed by atoms with E-state index in [2.05, 4.69) is 6.58 Å². The van der Waals surface area contributed by atoms with Crippen LogP contribution in [-0.4, -0.2) is 52.8 Å². The van der Waals surface area contributed by atoms with Crippen molar-refractivity contribution in [3.8, 4) is 0 Å². The predicted octanol–water partition coefficient (Wildman–Crippen LogP) is 2.58. The van der Waals surface area contributed by atoms with E-state index in [4.69, 9.17) is 4.18 Å². The summed E-state index contributed by atoms with van der Waals surface area (Å²) < 4.78 is 28.7. The Morgan fingerprint density at radius 1 is 1.17 bits per heavy atom. The molecule has 2 rings (SSSR count). The normalized spacial score (nSPS) is 10.9. The van der Waals surface area contributed by atoms with Gasteiger partial charge >= 0.3 is 37.7 Å². The molecule has 2 aromatic rings. The molecule has 3 nitrogen and oxygen atoms in total. The number of fused-ring (bicyclic) bond motifs is 1. The van der Waals surface area contributed by atoms with Crippen LogP contribution in [0.1, 0.15) is 2.85 Å². The minimum Gasteiger partial charge on any atom is -1.00 e. The van der Waals surface area contributed by atoms with Crippen molar-refractivity contribution in [3.05, 3.63) is 55.1 Å². The van der Waals surface area contributed by atoms with E-state index in [1.807, 2.05) is 18.2 Å². The molecular weight excluding hydrogens is 276 g/mol. The molecule has 0 fully saturated rings. The monoisotopic (exact) mass is 290 g/mol. The third kappa shape index (κ3) is 3.33. The summed E-state index contributed by atoms with van der Waals surface area (Å²) in [6.07, 6.45) is 1.41. The molecule has 5 heteroatoms. The van der Waals surface area contributed by atoms with Gasteiger partial charge in [0, 0.05) is 5.39 Å². The Hall–Kier alpha value is -0.390. The van der Waals surface area contributed by atoms with E-state index in [0.717, 1.165) is 5.39 Å². The second kappa shape index (κ2) is 6.68. The van der Waals surface area contributed by atoms with Gasteiger partial charge in [-0.2, -0.15) is 8.42 Å². The van der Waals surface area contributed by atoms with E-state index in [-0.39, 0.29) is 52.1 Å². The molecule has 0 atom stereocenters. The van der Waals surface area contributed by atoms with Gasteiger partial charge in [-0.1, -0.05) is 42.5 Å². The molecule has 92 valence electrons. The van der Waals surface area contributed by atoms with Crippen LogP contribution >= 0.6 is 0 Å². The summed E-state index contributed by atoms with van der Waals surface area (Å²) in [7, 11) is -3.72. The van der Waals surface area contributed by atoms with E-state index in [1.165, 1.54) is 6.08 Å². The number of benzene rings is 2. The van der Waals surface area contributed by atoms with Gasteiger partial charge in [-0.3, -0.25) is 4.18 Å². The Kier molecular flexibility index (Phi) is 5.82. The first kappa shape index (κ1) is 15.7. The summed E-state index contributed by atoms with van der Waals surface area (Å²) in [5.74, 6) is 0. The molecule has 18 heavy (non-hydrogen) atoms. The molecule has 0 unspecified atom stereocenters. The van der Waals surface area contributed by atoms with Crippen molar-refractivity contribution in [1.29, 1.82) is 0 Å². The molecule has 0 amide bonds. The van der Waals surface area contributed by atoms with Gasteiger partial charge in [0.1, 0.15) is 4.90 Å². The zero-order valence-corrected chi connectivity index (χ0v) is 12.9. The van der Waals surface area contributed by atoms with Crippen molar-refractivity contribution in [2.45, 2.75) is 4.90 Å². The minimum absolute atomic E-state index is 0. The van der Waals surface area contributed by atoms with E-state index < -0.39 is 10.1 Å². The molecule has 0 aliphatic heterocycles. The van der Waals surface area contributed by atoms with Gasteiger partial charge in [0.15, 0.2) is 0 Å². The average Bonchev–Trinajstić information content (AvgIpc) is 2.36. The average molecular weight is 290 g/mol. The number of hydrogen-bond acceptors (Lipinski definition) is 3. The fourth-order valence-electron chi connectivity index (χ4n) is 1.61. The van der Waals surface area contributed by atoms with Crippen molar-refractivity contribution in [2.24, 2.45) is 0 Å². The number of hydrogen-bond donors (Lipinski definition) is 0. The summed E-state index contributed by atoms with van der Waals surface area (Å²) in [4.78, 5) is 0.192. The molecule has 0 N–H and O–H groups in total. The topological polar surface area (TPSA) is 43.4 Å². The van der Waals surface area contributed by atoms with Crippen molar-refractivity contribution in [2.75, 3.05) is 6.61 Å². The second-order valence-electron chi connectivity index (χ2n) is 3.50. The second-order valence-corrected chi connectivity index (χ2v) is 5.09. The Morgan fingerprint density at radius 2 is 1.83 bits per heavy atom. The van der Waals surface area contributed by atoms with Crippen LogP contribution in [0, 0.1) is 0 Å². The quantitative estimate of drug-likeness (QED) is 0.494. The molecular formula is C13H14CaO3S. The van der Waals surface area contributed by atoms with E-state index in [1.54, 1.807) is 24.3 Å². The van der Waals surface area contributed by atoms with Gasteiger partial charge in [-0.15, -0.1) is 6.58 Å². The van der Waals surface area contributed by atoms with Gasteiger partial charge < -0.3 is 2.85 Å². The van der Waals surface area contributed by atoms with Crippen molar-refractivity contribution in [1.82, 2.24) is 0 Å². The van der Waals surface area contributed by atoms with Gasteiger partial charge in [0.05, 0.1) is 6.61 Å². The maximum Gasteiger partial charge on any atom is 2.00 e. The summed E-state index contributed by atoms with van der Waals surface area (Å²) in [6, 6.07) is 12.4. The standard InChI is InChI=1S/C13H12O3S.Ca.2H/c1-2-10-16-17(14,15)13-9-5-7-11-6-3-4-8-12(11)13;;;/h2-9H,1,10H2;;;/q;+2;2*-1. The van der Waals surface area contributed by atoms with Crippen LogP contribution < -0.4 is 0 Å². The third-order valence-corrected chi connectivity index (χ3v) is 3.70. The zero-order valence-electron chi connectivity index (χ0n) is 11.9. The largest absolute Gasteiger partial charge is 2.00 e. The Balaban J connectivity index is 0. The first-order valence-corrected chi connectivity index (χ1v) is 6.54. The molecule has 0 saturated heterocycles. The number of rotatable bonds is 4. The van der Waals surface area contributed by atoms with Crippen LogP contribution in [0.25, 0.3) is 10.8 Å². The molecule has 0 aromatic heterocycles. The van der Waals surface area contributed by atoms with Crippen LogP contribution in [-0.2, 0) is 14.3 Å². The van der Waals surface area contributed by atoms with Crippen LogP contribution in [0.5, 0.6) is 0 Å². The molecule has 0 aliphatic carbocycles. The molecule has 0 heterocycles. The maximum absolute atomic E-state index is 11.9. The summed E-state index contributed by atoms with van der Waals surface area (Å²) in [5.41, 5.74) is 0. The van der Waals surface area contributed by atoms with Crippen LogP contribution in [0.4, 0.5) is 0 Å². The van der Waals surface area contributed by atoms with Crippen LogP contribution in [0.2, 0.25) is 0 Å². The van der Waals surface area contributed by atoms with E-state index in [9.17, 15) is 8.42 Å². The first-order valence-electron chi connectivity index (χ1n) is 5.13. The van der Waals surface area contributed by atoms with E-state index >= 15 is 0 Å². The minimum atomic E-state index is -3.72. The Bertz CT molecular complexity index is 654. The van der Waals surface area contributed by atoms with Crippen molar-refractivity contribution >= 4 is 58.6 Å². The van der Waals surface area contributed by atoms with Crippen LogP contribution in [0.15, 0.2) is 60.0 Å². The van der Waals surface area contributed by atoms with Crippen molar-refractivity contribution < 1.29 is 15.5 Å². The molecule has 0 spiro atoms. The van der Waals surface area contributed by atoms with Crippen LogP contribution in [0.3, 0.4) is 0 Å². The summed E-state index contributed by atoms with van der Waals surface area (Å²) in [6.45, 7) is 3.41. The van der Waals surface area contributed by atoms with Crippen molar-refractivity contribution in [3.63, 3.8) is 0 Å². The molecule has 0 saturated carbocycles. The fraction of sp³-hybridized carbons (Fsp3) is 0.0769. The molecule has 0 aliphatic rings. The fourth-order valence-corrected chi connectivity index (χ4v) is 2.72. The smallest absolute Gasteiger partial charge is 1.00 e. The third-order valence-electron chi connectivity index (χ3n) is 2.36. The molecule has 0 radical (unpaired) electrons. The van der Waals surface area contributed by atoms with E-state index in [0.29, 0.717) is 5.39 Å². The Morgan fingerprint density at radius 3 is 2.56 bits per heavy atom. The zero-order chi connectivity index (χ0) is 12.3. The van der Waals surface area contributed by atoms with Gasteiger partial charge in [0.25, 0.3) is 10.1 Å². The SMILES string of the molecule is C=CCOS(=O)(=O)c1cccc2ccccc12.[Ca+2].[H-].[H-]. The van der Waals surface area contributed by atoms with Gasteiger partial charge in [0.2, 0.25) is 0 Å². The summed E-state index contributed by atoms with van der Waals surface area (Å²) in [5, 5.41) is 1.54. The maximum atomic E-state index is 11.9. The van der Waals surface area contributed by atoms with Gasteiger partial charge in [-0.05, 0) is 11.5 Å². The first-order chi connectivity index (χ1) is 8.15. The molecule has 0 bridgehead atoms. The Labute approximate surface area is 140 Å². The predicted molar refractivity (Wildman–Crippen MR) is 75.3 cm³/mol. The summed E-state index contributed by atoms with van der Waals surface area (Å²) >= 11 is 0. The van der Waals surface area contributed by atoms with Gasteiger partial charge in [-0.25, -0.2) is 0 Å².